The molecular weight excluding hydrogens is 331 g/mol. The topological polar surface area (TPSA) is 74.7 Å². The van der Waals surface area contributed by atoms with E-state index in [0.29, 0.717) is 23.5 Å². The van der Waals surface area contributed by atoms with Gasteiger partial charge in [0, 0.05) is 5.38 Å². The van der Waals surface area contributed by atoms with Gasteiger partial charge in [0.25, 0.3) is 10.0 Å². The fourth-order valence-corrected chi connectivity index (χ4v) is 3.33. The molecule has 0 aliphatic rings. The third-order valence-corrected chi connectivity index (χ3v) is 4.81. The Hall–Kier alpha value is -2.07. The normalized spacial score (nSPS) is 11.4. The van der Waals surface area contributed by atoms with Crippen LogP contribution in [0.5, 0.6) is 0 Å². The second-order valence-electron chi connectivity index (χ2n) is 3.75. The summed E-state index contributed by atoms with van der Waals surface area (Å²) in [7, 11) is -4.99. The van der Waals surface area contributed by atoms with Gasteiger partial charge in [0.15, 0.2) is 11.6 Å². The maximum atomic E-state index is 14.0. The number of carboxylic acids is 1. The van der Waals surface area contributed by atoms with Crippen LogP contribution in [0.2, 0.25) is 0 Å². The summed E-state index contributed by atoms with van der Waals surface area (Å²) >= 11 is 0.591. The van der Waals surface area contributed by atoms with Crippen LogP contribution >= 0.6 is 11.3 Å². The highest BCUT2D eigenvalue weighted by Gasteiger charge is 2.30. The Bertz CT molecular complexity index is 804. The van der Waals surface area contributed by atoms with Crippen molar-refractivity contribution >= 4 is 33.0 Å². The molecule has 0 unspecified atom stereocenters. The molecule has 0 amide bonds. The first-order chi connectivity index (χ1) is 9.75. The number of aromatic carboxylic acids is 1. The predicted molar refractivity (Wildman–Crippen MR) is 68.4 cm³/mol. The third kappa shape index (κ3) is 2.72. The van der Waals surface area contributed by atoms with Crippen LogP contribution in [0.1, 0.15) is 9.67 Å². The minimum Gasteiger partial charge on any atom is -0.477 e. The highest BCUT2D eigenvalue weighted by atomic mass is 32.2. The summed E-state index contributed by atoms with van der Waals surface area (Å²) in [5, 5.41) is 9.62. The summed E-state index contributed by atoms with van der Waals surface area (Å²) in [4.78, 5) is 9.18. The number of rotatable bonds is 4. The van der Waals surface area contributed by atoms with Gasteiger partial charge < -0.3 is 5.11 Å². The molecule has 0 aliphatic carbocycles. The molecule has 112 valence electrons. The van der Waals surface area contributed by atoms with Crippen molar-refractivity contribution in [3.63, 3.8) is 0 Å². The van der Waals surface area contributed by atoms with E-state index in [1.165, 1.54) is 0 Å². The molecule has 0 aliphatic heterocycles. The monoisotopic (exact) mass is 337 g/mol. The van der Waals surface area contributed by atoms with Crippen LogP contribution in [-0.2, 0) is 10.0 Å². The van der Waals surface area contributed by atoms with E-state index in [1.807, 2.05) is 0 Å². The number of carbonyl (C=O) groups is 1. The smallest absolute Gasteiger partial charge is 0.345 e. The fraction of sp³-hybridized carbons (Fsp3) is 0. The number of thiophene rings is 1. The van der Waals surface area contributed by atoms with Crippen molar-refractivity contribution in [1.29, 1.82) is 0 Å². The molecule has 5 nitrogen and oxygen atoms in total. The van der Waals surface area contributed by atoms with Gasteiger partial charge in [0.05, 0.1) is 5.69 Å². The summed E-state index contributed by atoms with van der Waals surface area (Å²) in [6.45, 7) is 0. The van der Waals surface area contributed by atoms with Crippen molar-refractivity contribution in [3.8, 4) is 0 Å². The summed E-state index contributed by atoms with van der Waals surface area (Å²) in [6, 6.07) is 3.06. The van der Waals surface area contributed by atoms with E-state index in [9.17, 15) is 26.5 Å². The Morgan fingerprint density at radius 1 is 1.29 bits per heavy atom. The zero-order valence-corrected chi connectivity index (χ0v) is 11.6. The highest BCUT2D eigenvalue weighted by molar-refractivity contribution is 7.92. The lowest BCUT2D eigenvalue weighted by molar-refractivity contribution is 0.0702. The van der Waals surface area contributed by atoms with Crippen LogP contribution in [0.25, 0.3) is 0 Å². The Kier molecular flexibility index (Phi) is 3.92. The summed E-state index contributed by atoms with van der Waals surface area (Å²) in [5.41, 5.74) is -0.610. The Morgan fingerprint density at radius 3 is 2.52 bits per heavy atom. The number of anilines is 1. The van der Waals surface area contributed by atoms with Gasteiger partial charge in [-0.15, -0.1) is 11.3 Å². The molecule has 2 aromatic rings. The van der Waals surface area contributed by atoms with Gasteiger partial charge in [-0.05, 0) is 18.2 Å². The lowest BCUT2D eigenvalue weighted by Gasteiger charge is -2.13. The van der Waals surface area contributed by atoms with E-state index in [0.717, 1.165) is 17.5 Å². The molecule has 0 saturated heterocycles. The van der Waals surface area contributed by atoms with E-state index in [1.54, 1.807) is 0 Å². The quantitative estimate of drug-likeness (QED) is 0.871. The molecule has 10 heteroatoms. The van der Waals surface area contributed by atoms with Crippen LogP contribution in [0.3, 0.4) is 0 Å². The van der Waals surface area contributed by atoms with Gasteiger partial charge >= 0.3 is 5.97 Å². The summed E-state index contributed by atoms with van der Waals surface area (Å²) in [6.07, 6.45) is 0. The van der Waals surface area contributed by atoms with Gasteiger partial charge in [-0.1, -0.05) is 15.1 Å². The lowest BCUT2D eigenvalue weighted by atomic mass is 10.3. The molecule has 21 heavy (non-hydrogen) atoms. The average Bonchev–Trinajstić information content (AvgIpc) is 2.90. The van der Waals surface area contributed by atoms with Crippen LogP contribution < -0.4 is 4.53 Å². The number of hydrogen-bond acceptors (Lipinski definition) is 4. The minimum absolute atomic E-state index is 0.303. The van der Waals surface area contributed by atoms with Crippen molar-refractivity contribution in [3.05, 3.63) is 46.2 Å². The molecule has 0 atom stereocenters. The molecule has 1 aromatic carbocycles. The molecule has 1 N–H and O–H groups in total. The van der Waals surface area contributed by atoms with Crippen LogP contribution in [0.15, 0.2) is 34.5 Å². The number of nitrogens with zero attached hydrogens (tertiary/aromatic N) is 1. The average molecular weight is 337 g/mol. The molecule has 1 aromatic heterocycles. The Balaban J connectivity index is 2.47. The van der Waals surface area contributed by atoms with Crippen LogP contribution in [0, 0.1) is 11.6 Å². The number of sulfonamides is 1. The zero-order chi connectivity index (χ0) is 15.8. The Labute approximate surface area is 120 Å². The van der Waals surface area contributed by atoms with E-state index >= 15 is 0 Å². The molecular formula is C11H6F3NO4S2. The van der Waals surface area contributed by atoms with E-state index in [2.05, 4.69) is 0 Å². The van der Waals surface area contributed by atoms with Crippen molar-refractivity contribution in [2.75, 3.05) is 4.53 Å². The van der Waals surface area contributed by atoms with Crippen molar-refractivity contribution in [1.82, 2.24) is 0 Å². The summed E-state index contributed by atoms with van der Waals surface area (Å²) < 4.78 is 63.4. The third-order valence-electron chi connectivity index (χ3n) is 2.40. The largest absolute Gasteiger partial charge is 0.477 e. The van der Waals surface area contributed by atoms with E-state index in [-0.39, 0.29) is 4.88 Å². The highest BCUT2D eigenvalue weighted by Crippen LogP contribution is 2.30. The van der Waals surface area contributed by atoms with Gasteiger partial charge in [0.2, 0.25) is 0 Å². The molecule has 0 radical (unpaired) electrons. The van der Waals surface area contributed by atoms with Gasteiger partial charge in [0.1, 0.15) is 9.77 Å². The van der Waals surface area contributed by atoms with Gasteiger partial charge in [-0.3, -0.25) is 0 Å². The lowest BCUT2D eigenvalue weighted by Crippen LogP contribution is -2.23. The molecule has 1 heterocycles. The first kappa shape index (κ1) is 15.3. The first-order valence-corrected chi connectivity index (χ1v) is 7.54. The Morgan fingerprint density at radius 2 is 1.95 bits per heavy atom. The molecule has 0 spiro atoms. The summed E-state index contributed by atoms with van der Waals surface area (Å²) in [5.74, 6) is -4.52. The fourth-order valence-electron chi connectivity index (χ4n) is 1.44. The second-order valence-corrected chi connectivity index (χ2v) is 6.37. The minimum atomic E-state index is -4.99. The van der Waals surface area contributed by atoms with Gasteiger partial charge in [-0.25, -0.2) is 13.6 Å². The number of benzene rings is 1. The maximum absolute atomic E-state index is 14.0. The molecule has 0 bridgehead atoms. The van der Waals surface area contributed by atoms with Gasteiger partial charge in [-0.2, -0.15) is 8.42 Å². The number of carboxylic acid groups (broad SMARTS) is 1. The van der Waals surface area contributed by atoms with Crippen molar-refractivity contribution in [2.45, 2.75) is 4.90 Å². The molecule has 2 rings (SSSR count). The predicted octanol–water partition coefficient (Wildman–Crippen LogP) is 2.80. The molecule has 0 fully saturated rings. The van der Waals surface area contributed by atoms with E-state index in [4.69, 9.17) is 5.11 Å². The first-order valence-electron chi connectivity index (χ1n) is 5.22. The molecule has 0 saturated carbocycles. The standard InChI is InChI=1S/C11H6F3NO4S2/c12-7-2-1-3-9(10(7)13)21(18,19)15(14)6-4-8(11(16)17)20-5-6/h1-5H,(H,16,17). The van der Waals surface area contributed by atoms with E-state index < -0.39 is 42.7 Å². The number of halogens is 3. The van der Waals surface area contributed by atoms with Crippen LogP contribution in [-0.4, -0.2) is 19.5 Å². The van der Waals surface area contributed by atoms with Crippen molar-refractivity contribution < 1.29 is 31.6 Å². The SMILES string of the molecule is O=C(O)c1cc(N(F)S(=O)(=O)c2cccc(F)c2F)cs1. The maximum Gasteiger partial charge on any atom is 0.345 e. The van der Waals surface area contributed by atoms with Crippen LogP contribution in [0.4, 0.5) is 18.9 Å². The van der Waals surface area contributed by atoms with Crippen molar-refractivity contribution in [2.24, 2.45) is 0 Å². The zero-order valence-electron chi connectivity index (χ0n) is 9.96. The second kappa shape index (κ2) is 5.37. The number of hydrogen-bond donors (Lipinski definition) is 1.